The van der Waals surface area contributed by atoms with Crippen molar-refractivity contribution in [3.8, 4) is 0 Å². The molecule has 26 heavy (non-hydrogen) atoms. The van der Waals surface area contributed by atoms with Crippen molar-refractivity contribution in [2.24, 2.45) is 0 Å². The number of fused-ring (bicyclic) bond motifs is 2. The average molecular weight is 416 g/mol. The molecule has 1 aromatic heterocycles. The number of nitrogens with zero attached hydrogens (tertiary/aromatic N) is 3. The van der Waals surface area contributed by atoms with Gasteiger partial charge in [0, 0.05) is 36.5 Å². The average Bonchev–Trinajstić information content (AvgIpc) is 3.22. The van der Waals surface area contributed by atoms with Crippen molar-refractivity contribution in [1.82, 2.24) is 25.4 Å². The quantitative estimate of drug-likeness (QED) is 0.750. The first kappa shape index (κ1) is 21.0. The van der Waals surface area contributed by atoms with Gasteiger partial charge in [0.1, 0.15) is 6.33 Å². The van der Waals surface area contributed by atoms with Gasteiger partial charge in [0.05, 0.1) is 0 Å². The molecule has 2 saturated heterocycles. The summed E-state index contributed by atoms with van der Waals surface area (Å²) in [7, 11) is 0. The molecule has 2 aromatic rings. The van der Waals surface area contributed by atoms with Crippen LogP contribution >= 0.6 is 36.6 Å². The van der Waals surface area contributed by atoms with E-state index in [2.05, 4.69) is 20.5 Å². The number of amides is 1. The molecule has 1 aromatic carbocycles. The molecule has 2 bridgehead atoms. The summed E-state index contributed by atoms with van der Waals surface area (Å²) in [5, 5.41) is 11.1. The second-order valence-corrected chi connectivity index (χ2v) is 7.42. The molecule has 0 saturated carbocycles. The number of aromatic nitrogens is 3. The van der Waals surface area contributed by atoms with Gasteiger partial charge in [-0.15, -0.1) is 24.8 Å². The Balaban J connectivity index is 0.00000121. The minimum Gasteiger partial charge on any atom is -0.337 e. The standard InChI is InChI=1S/C17H21N5OS.2ClH/c23-16(22-8-7-14-5-6-15(9-22)20-14)13-3-1-12(2-4-13)10-24-17-18-11-19-21-17;;/h1-4,11,14-15,20H,5-10H2,(H,18,19,21);2*1H. The number of rotatable bonds is 4. The molecule has 4 rings (SSSR count). The van der Waals surface area contributed by atoms with Crippen molar-refractivity contribution in [2.45, 2.75) is 42.3 Å². The van der Waals surface area contributed by atoms with E-state index in [1.807, 2.05) is 29.2 Å². The maximum atomic E-state index is 12.8. The van der Waals surface area contributed by atoms with Crippen LogP contribution in [0.15, 0.2) is 35.7 Å². The maximum Gasteiger partial charge on any atom is 0.253 e. The molecule has 2 N–H and O–H groups in total. The molecule has 2 aliphatic heterocycles. The van der Waals surface area contributed by atoms with E-state index in [1.165, 1.54) is 24.7 Å². The topological polar surface area (TPSA) is 73.9 Å². The van der Waals surface area contributed by atoms with Gasteiger partial charge in [0.15, 0.2) is 5.16 Å². The maximum absolute atomic E-state index is 12.8. The van der Waals surface area contributed by atoms with Gasteiger partial charge in [-0.3, -0.25) is 9.89 Å². The van der Waals surface area contributed by atoms with Crippen LogP contribution in [0.4, 0.5) is 0 Å². The highest BCUT2D eigenvalue weighted by molar-refractivity contribution is 7.98. The minimum absolute atomic E-state index is 0. The first-order valence-corrected chi connectivity index (χ1v) is 9.39. The summed E-state index contributed by atoms with van der Waals surface area (Å²) in [6.45, 7) is 1.69. The van der Waals surface area contributed by atoms with Gasteiger partial charge >= 0.3 is 0 Å². The molecule has 2 atom stereocenters. The van der Waals surface area contributed by atoms with Gasteiger partial charge in [0.25, 0.3) is 5.91 Å². The fourth-order valence-electron chi connectivity index (χ4n) is 3.47. The summed E-state index contributed by atoms with van der Waals surface area (Å²) in [6, 6.07) is 9.00. The lowest BCUT2D eigenvalue weighted by atomic mass is 10.1. The largest absolute Gasteiger partial charge is 0.337 e. The number of halogens is 2. The Morgan fingerprint density at radius 1 is 1.15 bits per heavy atom. The zero-order chi connectivity index (χ0) is 16.4. The van der Waals surface area contributed by atoms with Gasteiger partial charge in [0.2, 0.25) is 0 Å². The summed E-state index contributed by atoms with van der Waals surface area (Å²) < 4.78 is 0. The Hall–Kier alpha value is -1.28. The smallest absolute Gasteiger partial charge is 0.253 e. The van der Waals surface area contributed by atoms with E-state index < -0.39 is 0 Å². The minimum atomic E-state index is 0. The molecular formula is C17H23Cl2N5OS. The number of benzene rings is 1. The van der Waals surface area contributed by atoms with Crippen molar-refractivity contribution >= 4 is 42.5 Å². The van der Waals surface area contributed by atoms with Gasteiger partial charge < -0.3 is 10.2 Å². The van der Waals surface area contributed by atoms with Gasteiger partial charge in [-0.2, -0.15) is 5.10 Å². The lowest BCUT2D eigenvalue weighted by Gasteiger charge is -2.24. The molecule has 142 valence electrons. The van der Waals surface area contributed by atoms with Gasteiger partial charge in [-0.05, 0) is 37.0 Å². The third-order valence-corrected chi connectivity index (χ3v) is 5.73. The Kier molecular flexibility index (Phi) is 7.76. The molecule has 9 heteroatoms. The zero-order valence-corrected chi connectivity index (χ0v) is 16.7. The Morgan fingerprint density at radius 3 is 2.65 bits per heavy atom. The molecular weight excluding hydrogens is 393 g/mol. The SMILES string of the molecule is Cl.Cl.O=C(c1ccc(CSc2ncn[nH]2)cc1)N1CCC2CCC(C1)N2. The zero-order valence-electron chi connectivity index (χ0n) is 14.3. The molecule has 2 aliphatic rings. The van der Waals surface area contributed by atoms with Crippen molar-refractivity contribution in [3.63, 3.8) is 0 Å². The number of carbonyl (C=O) groups is 1. The lowest BCUT2D eigenvalue weighted by molar-refractivity contribution is 0.0748. The van der Waals surface area contributed by atoms with Crippen LogP contribution in [-0.2, 0) is 5.75 Å². The number of carbonyl (C=O) groups excluding carboxylic acids is 1. The normalized spacial score (nSPS) is 21.5. The summed E-state index contributed by atoms with van der Waals surface area (Å²) >= 11 is 1.60. The molecule has 2 unspecified atom stereocenters. The molecule has 0 spiro atoms. The summed E-state index contributed by atoms with van der Waals surface area (Å²) in [5.41, 5.74) is 1.95. The monoisotopic (exact) mass is 415 g/mol. The third-order valence-electron chi connectivity index (χ3n) is 4.78. The van der Waals surface area contributed by atoms with E-state index in [4.69, 9.17) is 0 Å². The van der Waals surface area contributed by atoms with E-state index in [9.17, 15) is 4.79 Å². The highest BCUT2D eigenvalue weighted by atomic mass is 35.5. The highest BCUT2D eigenvalue weighted by Gasteiger charge is 2.31. The number of thioether (sulfide) groups is 1. The summed E-state index contributed by atoms with van der Waals surface area (Å²) in [6.07, 6.45) is 5.01. The molecule has 6 nitrogen and oxygen atoms in total. The molecule has 1 amide bonds. The van der Waals surface area contributed by atoms with Crippen LogP contribution in [0.2, 0.25) is 0 Å². The van der Waals surface area contributed by atoms with Gasteiger partial charge in [-0.1, -0.05) is 23.9 Å². The van der Waals surface area contributed by atoms with Crippen LogP contribution in [0.1, 0.15) is 35.2 Å². The first-order chi connectivity index (χ1) is 11.8. The lowest BCUT2D eigenvalue weighted by Crippen LogP contribution is -2.39. The number of aromatic amines is 1. The molecule has 0 radical (unpaired) electrons. The predicted molar refractivity (Wildman–Crippen MR) is 107 cm³/mol. The Labute approximate surface area is 169 Å². The fraction of sp³-hybridized carbons (Fsp3) is 0.471. The second kappa shape index (κ2) is 9.60. The van der Waals surface area contributed by atoms with Crippen LogP contribution in [0, 0.1) is 0 Å². The Morgan fingerprint density at radius 2 is 1.92 bits per heavy atom. The molecule has 2 fully saturated rings. The van der Waals surface area contributed by atoms with Crippen LogP contribution in [0.25, 0.3) is 0 Å². The number of nitrogens with one attached hydrogen (secondary N) is 2. The predicted octanol–water partition coefficient (Wildman–Crippen LogP) is 2.91. The van der Waals surface area contributed by atoms with Crippen LogP contribution in [0.3, 0.4) is 0 Å². The second-order valence-electron chi connectivity index (χ2n) is 6.45. The van der Waals surface area contributed by atoms with E-state index in [0.717, 1.165) is 36.0 Å². The van der Waals surface area contributed by atoms with Crippen LogP contribution in [-0.4, -0.2) is 51.2 Å². The summed E-state index contributed by atoms with van der Waals surface area (Å²) in [5.74, 6) is 0.958. The van der Waals surface area contributed by atoms with E-state index in [1.54, 1.807) is 11.8 Å². The fourth-order valence-corrected chi connectivity index (χ4v) is 4.20. The number of H-pyrrole nitrogens is 1. The molecule has 0 aliphatic carbocycles. The Bertz CT molecular complexity index is 698. The van der Waals surface area contributed by atoms with E-state index in [-0.39, 0.29) is 30.7 Å². The van der Waals surface area contributed by atoms with Gasteiger partial charge in [-0.25, -0.2) is 4.98 Å². The molecule has 3 heterocycles. The van der Waals surface area contributed by atoms with Crippen molar-refractivity contribution < 1.29 is 4.79 Å². The third kappa shape index (κ3) is 4.91. The number of hydrogen-bond acceptors (Lipinski definition) is 5. The van der Waals surface area contributed by atoms with Crippen LogP contribution < -0.4 is 5.32 Å². The highest BCUT2D eigenvalue weighted by Crippen LogP contribution is 2.22. The first-order valence-electron chi connectivity index (χ1n) is 8.40. The van der Waals surface area contributed by atoms with E-state index in [0.29, 0.717) is 12.1 Å². The van der Waals surface area contributed by atoms with Crippen molar-refractivity contribution in [1.29, 1.82) is 0 Å². The summed E-state index contributed by atoms with van der Waals surface area (Å²) in [4.78, 5) is 18.9. The van der Waals surface area contributed by atoms with E-state index >= 15 is 0 Å². The number of likely N-dealkylation sites (tertiary alicyclic amines) is 1. The van der Waals surface area contributed by atoms with Crippen LogP contribution in [0.5, 0.6) is 0 Å². The van der Waals surface area contributed by atoms with Crippen molar-refractivity contribution in [2.75, 3.05) is 13.1 Å². The van der Waals surface area contributed by atoms with Crippen molar-refractivity contribution in [3.05, 3.63) is 41.7 Å². The number of hydrogen-bond donors (Lipinski definition) is 2.